The summed E-state index contributed by atoms with van der Waals surface area (Å²) in [6, 6.07) is 18.0. The molecule has 3 aromatic carbocycles. The highest BCUT2D eigenvalue weighted by Crippen LogP contribution is 2.44. The van der Waals surface area contributed by atoms with Gasteiger partial charge in [-0.1, -0.05) is 54.1 Å². The number of carbonyl (C=O) groups excluding carboxylic acids is 1. The number of pyridine rings is 1. The molecular formula is C20H10ClNO. The lowest BCUT2D eigenvalue weighted by Crippen LogP contribution is -1.97. The van der Waals surface area contributed by atoms with Crippen LogP contribution in [0.3, 0.4) is 0 Å². The molecule has 0 N–H and O–H groups in total. The first kappa shape index (κ1) is 12.8. The molecule has 0 bridgehead atoms. The third-order valence-corrected chi connectivity index (χ3v) is 4.84. The predicted octanol–water partition coefficient (Wildman–Crippen LogP) is 5.25. The second-order valence-electron chi connectivity index (χ2n) is 5.73. The highest BCUT2D eigenvalue weighted by molar-refractivity contribution is 6.39. The molecule has 5 rings (SSSR count). The van der Waals surface area contributed by atoms with Gasteiger partial charge in [0.25, 0.3) is 0 Å². The van der Waals surface area contributed by atoms with E-state index in [4.69, 9.17) is 11.6 Å². The fourth-order valence-corrected chi connectivity index (χ4v) is 3.82. The van der Waals surface area contributed by atoms with Gasteiger partial charge in [0.2, 0.25) is 0 Å². The summed E-state index contributed by atoms with van der Waals surface area (Å²) in [4.78, 5) is 17.2. The van der Waals surface area contributed by atoms with E-state index in [1.54, 1.807) is 6.20 Å². The first-order valence-corrected chi connectivity index (χ1v) is 7.77. The van der Waals surface area contributed by atoms with Gasteiger partial charge >= 0.3 is 0 Å². The Kier molecular flexibility index (Phi) is 2.45. The molecule has 2 nitrogen and oxygen atoms in total. The van der Waals surface area contributed by atoms with Crippen LogP contribution in [0.2, 0.25) is 5.15 Å². The number of carbonyl (C=O) groups is 1. The van der Waals surface area contributed by atoms with Crippen molar-refractivity contribution in [1.29, 1.82) is 0 Å². The van der Waals surface area contributed by atoms with Crippen LogP contribution in [0, 0.1) is 0 Å². The molecule has 1 heterocycles. The van der Waals surface area contributed by atoms with Crippen molar-refractivity contribution in [3.8, 4) is 11.1 Å². The van der Waals surface area contributed by atoms with Crippen LogP contribution in [0.5, 0.6) is 0 Å². The first-order chi connectivity index (χ1) is 11.3. The fraction of sp³-hybridized carbons (Fsp3) is 0. The van der Waals surface area contributed by atoms with Crippen LogP contribution >= 0.6 is 11.6 Å². The molecule has 0 fully saturated rings. The molecule has 0 atom stereocenters. The largest absolute Gasteiger partial charge is 0.289 e. The molecule has 0 unspecified atom stereocenters. The molecule has 1 aromatic heterocycles. The smallest absolute Gasteiger partial charge is 0.195 e. The van der Waals surface area contributed by atoms with Gasteiger partial charge in [-0.2, -0.15) is 0 Å². The number of hydrogen-bond acceptors (Lipinski definition) is 2. The maximum Gasteiger partial charge on any atom is 0.195 e. The summed E-state index contributed by atoms with van der Waals surface area (Å²) in [5.74, 6) is 0.0289. The number of halogens is 1. The van der Waals surface area contributed by atoms with Gasteiger partial charge in [-0.25, -0.2) is 4.98 Å². The molecule has 4 aromatic rings. The topological polar surface area (TPSA) is 30.0 Å². The maximum absolute atomic E-state index is 13.0. The number of benzene rings is 3. The summed E-state index contributed by atoms with van der Waals surface area (Å²) >= 11 is 6.30. The third-order valence-electron chi connectivity index (χ3n) is 4.56. The van der Waals surface area contributed by atoms with E-state index < -0.39 is 0 Å². The quantitative estimate of drug-likeness (QED) is 0.365. The van der Waals surface area contributed by atoms with Crippen LogP contribution in [0.1, 0.15) is 15.9 Å². The molecule has 1 aliphatic rings. The summed E-state index contributed by atoms with van der Waals surface area (Å²) in [6.45, 7) is 0. The minimum Gasteiger partial charge on any atom is -0.289 e. The van der Waals surface area contributed by atoms with Crippen LogP contribution in [0.15, 0.2) is 60.8 Å². The van der Waals surface area contributed by atoms with Gasteiger partial charge in [0.15, 0.2) is 5.78 Å². The Bertz CT molecular complexity index is 1150. The molecule has 0 spiro atoms. The highest BCUT2D eigenvalue weighted by atomic mass is 35.5. The standard InChI is InChI=1S/C20H10ClNO/c21-20-16-12(9-10-22-20)6-7-14-17-13-4-2-1-3-11(13)5-8-15(17)19(23)18(14)16/h1-10H. The van der Waals surface area contributed by atoms with Gasteiger partial charge in [0, 0.05) is 28.3 Å². The van der Waals surface area contributed by atoms with E-state index in [1.807, 2.05) is 42.5 Å². The fourth-order valence-electron chi connectivity index (χ4n) is 3.56. The van der Waals surface area contributed by atoms with E-state index in [0.717, 1.165) is 38.2 Å². The Morgan fingerprint density at radius 3 is 2.48 bits per heavy atom. The molecule has 23 heavy (non-hydrogen) atoms. The van der Waals surface area contributed by atoms with Crippen LogP contribution in [0.25, 0.3) is 32.7 Å². The Morgan fingerprint density at radius 2 is 1.57 bits per heavy atom. The monoisotopic (exact) mass is 315 g/mol. The Balaban J connectivity index is 2.00. The summed E-state index contributed by atoms with van der Waals surface area (Å²) in [5, 5.41) is 4.29. The van der Waals surface area contributed by atoms with E-state index >= 15 is 0 Å². The zero-order chi connectivity index (χ0) is 15.6. The number of nitrogens with zero attached hydrogens (tertiary/aromatic N) is 1. The molecule has 0 saturated heterocycles. The molecule has 108 valence electrons. The summed E-state index contributed by atoms with van der Waals surface area (Å²) in [7, 11) is 0. The lowest BCUT2D eigenvalue weighted by molar-refractivity contribution is 0.104. The van der Waals surface area contributed by atoms with Crippen molar-refractivity contribution < 1.29 is 4.79 Å². The van der Waals surface area contributed by atoms with E-state index in [2.05, 4.69) is 17.1 Å². The minimum atomic E-state index is 0.0289. The Hall–Kier alpha value is -2.71. The highest BCUT2D eigenvalue weighted by Gasteiger charge is 2.30. The number of ketones is 1. The molecule has 0 radical (unpaired) electrons. The van der Waals surface area contributed by atoms with Crippen LogP contribution in [0.4, 0.5) is 0 Å². The average Bonchev–Trinajstić information content (AvgIpc) is 2.88. The number of fused-ring (bicyclic) bond motifs is 7. The van der Waals surface area contributed by atoms with Gasteiger partial charge < -0.3 is 0 Å². The molecule has 0 aliphatic heterocycles. The van der Waals surface area contributed by atoms with E-state index in [1.165, 1.54) is 0 Å². The second kappa shape index (κ2) is 4.40. The van der Waals surface area contributed by atoms with E-state index in [-0.39, 0.29) is 5.78 Å². The van der Waals surface area contributed by atoms with Crippen molar-refractivity contribution in [2.45, 2.75) is 0 Å². The normalized spacial score (nSPS) is 12.7. The van der Waals surface area contributed by atoms with Gasteiger partial charge in [-0.3, -0.25) is 4.79 Å². The Morgan fingerprint density at radius 1 is 0.783 bits per heavy atom. The van der Waals surface area contributed by atoms with Gasteiger partial charge in [-0.15, -0.1) is 0 Å². The zero-order valence-electron chi connectivity index (χ0n) is 12.0. The molecule has 1 aliphatic carbocycles. The van der Waals surface area contributed by atoms with Crippen molar-refractivity contribution in [1.82, 2.24) is 4.98 Å². The van der Waals surface area contributed by atoms with Gasteiger partial charge in [0.1, 0.15) is 5.15 Å². The van der Waals surface area contributed by atoms with Crippen molar-refractivity contribution >= 4 is 38.9 Å². The molecule has 0 saturated carbocycles. The lowest BCUT2D eigenvalue weighted by Gasteiger charge is -2.07. The van der Waals surface area contributed by atoms with Crippen molar-refractivity contribution in [2.24, 2.45) is 0 Å². The SMILES string of the molecule is O=C1c2ccc3ccccc3c2-c2ccc3ccnc(Cl)c3c21. The molecule has 3 heteroatoms. The predicted molar refractivity (Wildman–Crippen MR) is 93.1 cm³/mol. The second-order valence-corrected chi connectivity index (χ2v) is 6.08. The minimum absolute atomic E-state index is 0.0289. The van der Waals surface area contributed by atoms with Crippen LogP contribution in [-0.4, -0.2) is 10.8 Å². The third kappa shape index (κ3) is 1.59. The van der Waals surface area contributed by atoms with Gasteiger partial charge in [0.05, 0.1) is 0 Å². The summed E-state index contributed by atoms with van der Waals surface area (Å²) in [5.41, 5.74) is 3.37. The van der Waals surface area contributed by atoms with Gasteiger partial charge in [-0.05, 0) is 33.9 Å². The maximum atomic E-state index is 13.0. The molecular weight excluding hydrogens is 306 g/mol. The van der Waals surface area contributed by atoms with Crippen LogP contribution < -0.4 is 0 Å². The van der Waals surface area contributed by atoms with Crippen LogP contribution in [-0.2, 0) is 0 Å². The number of aromatic nitrogens is 1. The van der Waals surface area contributed by atoms with E-state index in [0.29, 0.717) is 10.7 Å². The summed E-state index contributed by atoms with van der Waals surface area (Å²) in [6.07, 6.45) is 1.67. The lowest BCUT2D eigenvalue weighted by atomic mass is 9.97. The van der Waals surface area contributed by atoms with Crippen molar-refractivity contribution in [3.63, 3.8) is 0 Å². The van der Waals surface area contributed by atoms with Crippen molar-refractivity contribution in [3.05, 3.63) is 77.1 Å². The average molecular weight is 316 g/mol. The first-order valence-electron chi connectivity index (χ1n) is 7.40. The van der Waals surface area contributed by atoms with E-state index in [9.17, 15) is 4.79 Å². The summed E-state index contributed by atoms with van der Waals surface area (Å²) < 4.78 is 0. The number of hydrogen-bond donors (Lipinski definition) is 0. The van der Waals surface area contributed by atoms with Crippen molar-refractivity contribution in [2.75, 3.05) is 0 Å². The zero-order valence-corrected chi connectivity index (χ0v) is 12.8. The number of rotatable bonds is 0. The molecule has 0 amide bonds. The Labute approximate surface area is 137 Å².